The summed E-state index contributed by atoms with van der Waals surface area (Å²) in [6.07, 6.45) is 1.76. The minimum Gasteiger partial charge on any atom is -0.488 e. The third kappa shape index (κ3) is 3.19. The van der Waals surface area contributed by atoms with E-state index in [4.69, 9.17) is 4.74 Å². The lowest BCUT2D eigenvalue weighted by molar-refractivity contribution is 0.0132. The molecule has 0 unspecified atom stereocenters. The highest BCUT2D eigenvalue weighted by molar-refractivity contribution is 5.23. The molecule has 0 aliphatic carbocycles. The molecular formula is C16H16F2N2O. The van der Waals surface area contributed by atoms with Crippen molar-refractivity contribution in [3.63, 3.8) is 0 Å². The molecule has 2 aromatic rings. The molecule has 1 aliphatic heterocycles. The Bertz CT molecular complexity index is 622. The Balaban J connectivity index is 1.54. The number of ether oxygens (including phenoxy) is 1. The minimum atomic E-state index is -0.496. The fourth-order valence-electron chi connectivity index (χ4n) is 2.42. The van der Waals surface area contributed by atoms with Crippen molar-refractivity contribution in [3.8, 4) is 5.75 Å². The number of nitrogens with zero attached hydrogens (tertiary/aromatic N) is 2. The molecule has 1 fully saturated rings. The number of aryl methyl sites for hydroxylation is 1. The summed E-state index contributed by atoms with van der Waals surface area (Å²) >= 11 is 0. The number of aromatic nitrogens is 1. The van der Waals surface area contributed by atoms with Gasteiger partial charge in [-0.25, -0.2) is 8.78 Å². The van der Waals surface area contributed by atoms with Crippen molar-refractivity contribution in [1.82, 2.24) is 9.88 Å². The van der Waals surface area contributed by atoms with Crippen LogP contribution in [0.5, 0.6) is 5.75 Å². The lowest BCUT2D eigenvalue weighted by atomic mass is 10.1. The first kappa shape index (κ1) is 13.9. The first-order valence-corrected chi connectivity index (χ1v) is 6.86. The molecule has 3 nitrogen and oxygen atoms in total. The SMILES string of the molecule is Cc1cc(OC2CN(Cc3c(F)cccc3F)C2)ccn1. The number of benzene rings is 1. The zero-order chi connectivity index (χ0) is 14.8. The van der Waals surface area contributed by atoms with E-state index in [1.807, 2.05) is 24.0 Å². The maximum Gasteiger partial charge on any atom is 0.130 e. The summed E-state index contributed by atoms with van der Waals surface area (Å²) in [5.41, 5.74) is 1.02. The summed E-state index contributed by atoms with van der Waals surface area (Å²) in [4.78, 5) is 6.07. The summed E-state index contributed by atoms with van der Waals surface area (Å²) in [7, 11) is 0. The van der Waals surface area contributed by atoms with E-state index >= 15 is 0 Å². The van der Waals surface area contributed by atoms with E-state index in [9.17, 15) is 8.78 Å². The average Bonchev–Trinajstić information content (AvgIpc) is 2.40. The summed E-state index contributed by atoms with van der Waals surface area (Å²) < 4.78 is 32.9. The van der Waals surface area contributed by atoms with Crippen LogP contribution in [0.2, 0.25) is 0 Å². The van der Waals surface area contributed by atoms with Crippen molar-refractivity contribution in [2.24, 2.45) is 0 Å². The summed E-state index contributed by atoms with van der Waals surface area (Å²) in [5.74, 6) is -0.211. The predicted molar refractivity (Wildman–Crippen MR) is 75.0 cm³/mol. The van der Waals surface area contributed by atoms with Gasteiger partial charge in [0, 0.05) is 43.2 Å². The average molecular weight is 290 g/mol. The van der Waals surface area contributed by atoms with Crippen LogP contribution in [0.15, 0.2) is 36.5 Å². The fourth-order valence-corrected chi connectivity index (χ4v) is 2.42. The van der Waals surface area contributed by atoms with Gasteiger partial charge in [-0.05, 0) is 25.1 Å². The maximum absolute atomic E-state index is 13.6. The van der Waals surface area contributed by atoms with Gasteiger partial charge < -0.3 is 4.74 Å². The van der Waals surface area contributed by atoms with Crippen molar-refractivity contribution < 1.29 is 13.5 Å². The molecule has 1 saturated heterocycles. The van der Waals surface area contributed by atoms with Crippen molar-refractivity contribution >= 4 is 0 Å². The van der Waals surface area contributed by atoms with Crippen LogP contribution in [0.25, 0.3) is 0 Å². The third-order valence-electron chi connectivity index (χ3n) is 3.54. The van der Waals surface area contributed by atoms with Gasteiger partial charge in [0.1, 0.15) is 23.5 Å². The molecule has 5 heteroatoms. The van der Waals surface area contributed by atoms with E-state index in [0.29, 0.717) is 13.1 Å². The lowest BCUT2D eigenvalue weighted by Crippen LogP contribution is -2.53. The van der Waals surface area contributed by atoms with Crippen molar-refractivity contribution in [3.05, 3.63) is 59.4 Å². The molecule has 1 aliphatic rings. The molecule has 0 saturated carbocycles. The minimum absolute atomic E-state index is 0.0571. The molecule has 3 rings (SSSR count). The smallest absolute Gasteiger partial charge is 0.130 e. The largest absolute Gasteiger partial charge is 0.488 e. The van der Waals surface area contributed by atoms with Crippen LogP contribution in [0.1, 0.15) is 11.3 Å². The Hall–Kier alpha value is -2.01. The molecule has 0 bridgehead atoms. The number of rotatable bonds is 4. The van der Waals surface area contributed by atoms with E-state index < -0.39 is 11.6 Å². The topological polar surface area (TPSA) is 25.4 Å². The molecular weight excluding hydrogens is 274 g/mol. The molecule has 110 valence electrons. The van der Waals surface area contributed by atoms with E-state index in [-0.39, 0.29) is 18.2 Å². The first-order chi connectivity index (χ1) is 10.1. The van der Waals surface area contributed by atoms with Gasteiger partial charge in [-0.1, -0.05) is 6.07 Å². The van der Waals surface area contributed by atoms with Crippen LogP contribution in [0.3, 0.4) is 0 Å². The van der Waals surface area contributed by atoms with Crippen LogP contribution < -0.4 is 4.74 Å². The van der Waals surface area contributed by atoms with Gasteiger partial charge in [-0.15, -0.1) is 0 Å². The first-order valence-electron chi connectivity index (χ1n) is 6.86. The predicted octanol–water partition coefficient (Wildman–Crippen LogP) is 2.93. The standard InChI is InChI=1S/C16H16F2N2O/c1-11-7-12(5-6-19-11)21-13-8-20(9-13)10-14-15(17)3-2-4-16(14)18/h2-7,13H,8-10H2,1H3. The van der Waals surface area contributed by atoms with Crippen LogP contribution >= 0.6 is 0 Å². The molecule has 21 heavy (non-hydrogen) atoms. The van der Waals surface area contributed by atoms with Crippen molar-refractivity contribution in [2.75, 3.05) is 13.1 Å². The van der Waals surface area contributed by atoms with Gasteiger partial charge in [-0.2, -0.15) is 0 Å². The second-order valence-corrected chi connectivity index (χ2v) is 5.27. The second kappa shape index (κ2) is 5.77. The van der Waals surface area contributed by atoms with Gasteiger partial charge >= 0.3 is 0 Å². The van der Waals surface area contributed by atoms with Gasteiger partial charge in [-0.3, -0.25) is 9.88 Å². The number of pyridine rings is 1. The van der Waals surface area contributed by atoms with E-state index in [1.165, 1.54) is 18.2 Å². The number of likely N-dealkylation sites (tertiary alicyclic amines) is 1. The van der Waals surface area contributed by atoms with Crippen LogP contribution in [-0.4, -0.2) is 29.1 Å². The van der Waals surface area contributed by atoms with Crippen LogP contribution in [0.4, 0.5) is 8.78 Å². The monoisotopic (exact) mass is 290 g/mol. The highest BCUT2D eigenvalue weighted by Crippen LogP contribution is 2.22. The summed E-state index contributed by atoms with van der Waals surface area (Å²) in [6, 6.07) is 7.63. The number of hydrogen-bond acceptors (Lipinski definition) is 3. The molecule has 0 radical (unpaired) electrons. The Morgan fingerprint density at radius 2 is 1.95 bits per heavy atom. The quantitative estimate of drug-likeness (QED) is 0.865. The molecule has 1 aromatic carbocycles. The van der Waals surface area contributed by atoms with Gasteiger partial charge in [0.15, 0.2) is 0 Å². The normalized spacial score (nSPS) is 15.8. The second-order valence-electron chi connectivity index (χ2n) is 5.27. The molecule has 0 atom stereocenters. The van der Waals surface area contributed by atoms with E-state index in [1.54, 1.807) is 6.20 Å². The van der Waals surface area contributed by atoms with Crippen molar-refractivity contribution in [1.29, 1.82) is 0 Å². The number of halogens is 2. The highest BCUT2D eigenvalue weighted by atomic mass is 19.1. The molecule has 0 N–H and O–H groups in total. The maximum atomic E-state index is 13.6. The van der Waals surface area contributed by atoms with Gasteiger partial charge in [0.25, 0.3) is 0 Å². The lowest BCUT2D eigenvalue weighted by Gasteiger charge is -2.39. The fraction of sp³-hybridized carbons (Fsp3) is 0.312. The van der Waals surface area contributed by atoms with Crippen molar-refractivity contribution in [2.45, 2.75) is 19.6 Å². The zero-order valence-corrected chi connectivity index (χ0v) is 11.7. The van der Waals surface area contributed by atoms with E-state index in [0.717, 1.165) is 11.4 Å². The molecule has 0 amide bonds. The molecule has 0 spiro atoms. The Morgan fingerprint density at radius 3 is 2.62 bits per heavy atom. The van der Waals surface area contributed by atoms with E-state index in [2.05, 4.69) is 4.98 Å². The van der Waals surface area contributed by atoms with Gasteiger partial charge in [0.05, 0.1) is 0 Å². The number of hydrogen-bond donors (Lipinski definition) is 0. The summed E-state index contributed by atoms with van der Waals surface area (Å²) in [6.45, 7) is 3.50. The highest BCUT2D eigenvalue weighted by Gasteiger charge is 2.29. The summed E-state index contributed by atoms with van der Waals surface area (Å²) in [5, 5.41) is 0. The molecule has 2 heterocycles. The van der Waals surface area contributed by atoms with Gasteiger partial charge in [0.2, 0.25) is 0 Å². The van der Waals surface area contributed by atoms with Crippen LogP contribution in [0, 0.1) is 18.6 Å². The Kier molecular flexibility index (Phi) is 3.84. The van der Waals surface area contributed by atoms with Crippen LogP contribution in [-0.2, 0) is 6.54 Å². The third-order valence-corrected chi connectivity index (χ3v) is 3.54. The molecule has 1 aromatic heterocycles. The Labute approximate surface area is 122 Å². The zero-order valence-electron chi connectivity index (χ0n) is 11.7. The Morgan fingerprint density at radius 1 is 1.24 bits per heavy atom.